The molecule has 0 aliphatic carbocycles. The van der Waals surface area contributed by atoms with E-state index in [4.69, 9.17) is 5.11 Å². The molecule has 2 heterocycles. The zero-order chi connectivity index (χ0) is 15.7. The van der Waals surface area contributed by atoms with E-state index in [1.807, 2.05) is 0 Å². The van der Waals surface area contributed by atoms with Gasteiger partial charge in [-0.3, -0.25) is 4.79 Å². The monoisotopic (exact) mass is 326 g/mol. The van der Waals surface area contributed by atoms with Gasteiger partial charge in [-0.2, -0.15) is 24.9 Å². The third-order valence-electron chi connectivity index (χ3n) is 4.06. The van der Waals surface area contributed by atoms with E-state index in [1.54, 1.807) is 11.8 Å². The van der Waals surface area contributed by atoms with Gasteiger partial charge >= 0.3 is 18.2 Å². The molecule has 0 spiro atoms. The van der Waals surface area contributed by atoms with E-state index in [1.165, 1.54) is 0 Å². The molecule has 2 aliphatic heterocycles. The van der Waals surface area contributed by atoms with Gasteiger partial charge in [0.1, 0.15) is 0 Å². The van der Waals surface area contributed by atoms with Crippen LogP contribution in [0.1, 0.15) is 19.3 Å². The van der Waals surface area contributed by atoms with Gasteiger partial charge in [-0.15, -0.1) is 0 Å². The highest BCUT2D eigenvalue weighted by Gasteiger charge is 2.64. The van der Waals surface area contributed by atoms with Crippen LogP contribution >= 0.6 is 11.8 Å². The molecule has 1 unspecified atom stereocenters. The lowest BCUT2D eigenvalue weighted by Gasteiger charge is -2.28. The second kappa shape index (κ2) is 5.94. The summed E-state index contributed by atoms with van der Waals surface area (Å²) in [6.07, 6.45) is -3.89. The molecule has 5 nitrogen and oxygen atoms in total. The standard InChI is InChI=1S/C12H17F3N2O3S/c13-12(14,15)11(9(18)19)3-4-17(7-11)10(20)16-8-1-5-21-6-2-8/h8H,1-7H2,(H,16,20)(H,18,19). The van der Waals surface area contributed by atoms with Crippen LogP contribution in [0.25, 0.3) is 0 Å². The number of hydrogen-bond donors (Lipinski definition) is 2. The number of rotatable bonds is 2. The average molecular weight is 326 g/mol. The van der Waals surface area contributed by atoms with E-state index in [9.17, 15) is 22.8 Å². The summed E-state index contributed by atoms with van der Waals surface area (Å²) >= 11 is 1.77. The summed E-state index contributed by atoms with van der Waals surface area (Å²) in [7, 11) is 0. The number of hydrogen-bond acceptors (Lipinski definition) is 3. The van der Waals surface area contributed by atoms with Crippen molar-refractivity contribution in [3.05, 3.63) is 0 Å². The summed E-state index contributed by atoms with van der Waals surface area (Å²) < 4.78 is 39.1. The van der Waals surface area contributed by atoms with Crippen molar-refractivity contribution in [2.24, 2.45) is 5.41 Å². The molecule has 2 aliphatic rings. The van der Waals surface area contributed by atoms with Gasteiger partial charge in [-0.05, 0) is 30.8 Å². The van der Waals surface area contributed by atoms with Crippen molar-refractivity contribution in [3.8, 4) is 0 Å². The molecule has 0 aromatic rings. The number of carbonyl (C=O) groups excluding carboxylic acids is 1. The number of halogens is 3. The van der Waals surface area contributed by atoms with Gasteiger partial charge in [0.05, 0.1) is 0 Å². The second-order valence-corrected chi connectivity index (χ2v) is 6.62. The van der Waals surface area contributed by atoms with Crippen molar-refractivity contribution < 1.29 is 27.9 Å². The Balaban J connectivity index is 2.00. The van der Waals surface area contributed by atoms with Crippen molar-refractivity contribution in [3.63, 3.8) is 0 Å². The summed E-state index contributed by atoms with van der Waals surface area (Å²) in [4.78, 5) is 24.0. The molecular formula is C12H17F3N2O3S. The van der Waals surface area contributed by atoms with E-state index in [-0.39, 0.29) is 12.6 Å². The molecule has 2 amide bonds. The minimum absolute atomic E-state index is 0.0375. The highest BCUT2D eigenvalue weighted by atomic mass is 32.2. The number of urea groups is 1. The fraction of sp³-hybridized carbons (Fsp3) is 0.833. The summed E-state index contributed by atoms with van der Waals surface area (Å²) in [5.41, 5.74) is -2.84. The number of likely N-dealkylation sites (tertiary alicyclic amines) is 1. The van der Waals surface area contributed by atoms with Crippen LogP contribution in [0.4, 0.5) is 18.0 Å². The molecule has 9 heteroatoms. The van der Waals surface area contributed by atoms with Crippen LogP contribution in [0.2, 0.25) is 0 Å². The Labute approximate surface area is 124 Å². The molecule has 1 atom stereocenters. The fourth-order valence-corrected chi connectivity index (χ4v) is 3.72. The van der Waals surface area contributed by atoms with Crippen molar-refractivity contribution in [1.82, 2.24) is 10.2 Å². The largest absolute Gasteiger partial charge is 0.481 e. The lowest BCUT2D eigenvalue weighted by Crippen LogP contribution is -2.50. The van der Waals surface area contributed by atoms with Crippen molar-refractivity contribution in [2.45, 2.75) is 31.5 Å². The molecule has 2 fully saturated rings. The summed E-state index contributed by atoms with van der Waals surface area (Å²) in [5, 5.41) is 11.6. The van der Waals surface area contributed by atoms with Gasteiger partial charge in [0, 0.05) is 19.1 Å². The van der Waals surface area contributed by atoms with E-state index in [2.05, 4.69) is 5.32 Å². The third-order valence-corrected chi connectivity index (χ3v) is 5.11. The molecule has 0 aromatic carbocycles. The van der Waals surface area contributed by atoms with Crippen LogP contribution in [-0.2, 0) is 4.79 Å². The Kier molecular flexibility index (Phi) is 4.60. The molecule has 0 bridgehead atoms. The lowest BCUT2D eigenvalue weighted by atomic mass is 9.86. The molecule has 2 rings (SSSR count). The van der Waals surface area contributed by atoms with E-state index >= 15 is 0 Å². The van der Waals surface area contributed by atoms with Gasteiger partial charge in [0.2, 0.25) is 0 Å². The number of nitrogens with one attached hydrogen (secondary N) is 1. The maximum atomic E-state index is 13.0. The third kappa shape index (κ3) is 3.22. The predicted molar refractivity (Wildman–Crippen MR) is 71.2 cm³/mol. The van der Waals surface area contributed by atoms with Crippen LogP contribution in [0.15, 0.2) is 0 Å². The first-order chi connectivity index (χ1) is 9.76. The van der Waals surface area contributed by atoms with Crippen LogP contribution in [0.5, 0.6) is 0 Å². The van der Waals surface area contributed by atoms with E-state index in [0.717, 1.165) is 29.2 Å². The lowest BCUT2D eigenvalue weighted by molar-refractivity contribution is -0.226. The number of carboxylic acids is 1. The number of thioether (sulfide) groups is 1. The minimum Gasteiger partial charge on any atom is -0.481 e. The molecule has 2 saturated heterocycles. The maximum Gasteiger partial charge on any atom is 0.406 e. The Hall–Kier alpha value is -1.12. The number of alkyl halides is 3. The number of aliphatic carboxylic acids is 1. The van der Waals surface area contributed by atoms with Crippen molar-refractivity contribution in [2.75, 3.05) is 24.6 Å². The van der Waals surface area contributed by atoms with Gasteiger partial charge in [-0.1, -0.05) is 0 Å². The smallest absolute Gasteiger partial charge is 0.406 e. The molecule has 2 N–H and O–H groups in total. The number of amides is 2. The van der Waals surface area contributed by atoms with Crippen LogP contribution in [0, 0.1) is 5.41 Å². The summed E-state index contributed by atoms with van der Waals surface area (Å²) in [6, 6.07) is -0.635. The zero-order valence-electron chi connectivity index (χ0n) is 11.3. The maximum absolute atomic E-state index is 13.0. The summed E-state index contributed by atoms with van der Waals surface area (Å²) in [6.45, 7) is -1.02. The van der Waals surface area contributed by atoms with E-state index in [0.29, 0.717) is 0 Å². The SMILES string of the molecule is O=C(NC1CCSCC1)N1CCC(C(=O)O)(C(F)(F)F)C1. The molecule has 120 valence electrons. The Bertz CT molecular complexity index is 426. The Morgan fingerprint density at radius 2 is 1.90 bits per heavy atom. The van der Waals surface area contributed by atoms with Gasteiger partial charge < -0.3 is 15.3 Å². The van der Waals surface area contributed by atoms with Crippen molar-refractivity contribution in [1.29, 1.82) is 0 Å². The van der Waals surface area contributed by atoms with Crippen LogP contribution < -0.4 is 5.32 Å². The quantitative estimate of drug-likeness (QED) is 0.813. The Morgan fingerprint density at radius 1 is 1.29 bits per heavy atom. The highest BCUT2D eigenvalue weighted by Crippen LogP contribution is 2.45. The summed E-state index contributed by atoms with van der Waals surface area (Å²) in [5.74, 6) is -0.0987. The first-order valence-corrected chi connectivity index (χ1v) is 7.85. The molecule has 0 radical (unpaired) electrons. The van der Waals surface area contributed by atoms with Crippen LogP contribution in [0.3, 0.4) is 0 Å². The average Bonchev–Trinajstić information content (AvgIpc) is 2.86. The van der Waals surface area contributed by atoms with Crippen molar-refractivity contribution >= 4 is 23.8 Å². The number of carbonyl (C=O) groups is 2. The first-order valence-electron chi connectivity index (χ1n) is 6.69. The van der Waals surface area contributed by atoms with Gasteiger partial charge in [0.25, 0.3) is 0 Å². The highest BCUT2D eigenvalue weighted by molar-refractivity contribution is 7.99. The second-order valence-electron chi connectivity index (χ2n) is 5.39. The minimum atomic E-state index is -4.87. The van der Waals surface area contributed by atoms with Gasteiger partial charge in [0.15, 0.2) is 5.41 Å². The predicted octanol–water partition coefficient (Wildman–Crippen LogP) is 1.93. The first kappa shape index (κ1) is 16.3. The van der Waals surface area contributed by atoms with Gasteiger partial charge in [-0.25, -0.2) is 4.79 Å². The zero-order valence-corrected chi connectivity index (χ0v) is 12.1. The number of nitrogens with zero attached hydrogens (tertiary/aromatic N) is 1. The topological polar surface area (TPSA) is 69.6 Å². The van der Waals surface area contributed by atoms with E-state index < -0.39 is 36.6 Å². The Morgan fingerprint density at radius 3 is 2.38 bits per heavy atom. The molecule has 0 saturated carbocycles. The molecule has 0 aromatic heterocycles. The molecule has 21 heavy (non-hydrogen) atoms. The number of carboxylic acid groups (broad SMARTS) is 1. The normalized spacial score (nSPS) is 27.7. The fourth-order valence-electron chi connectivity index (χ4n) is 2.62. The van der Waals surface area contributed by atoms with Crippen LogP contribution in [-0.4, -0.2) is 58.8 Å². The molecular weight excluding hydrogens is 309 g/mol.